The Morgan fingerprint density at radius 2 is 2.06 bits per heavy atom. The molecule has 1 aromatic rings. The number of benzene rings is 1. The fraction of sp³-hybridized carbons (Fsp3) is 0.500. The predicted octanol–water partition coefficient (Wildman–Crippen LogP) is 1.65. The smallest absolute Gasteiger partial charge is 0.155 e. The highest BCUT2D eigenvalue weighted by Gasteiger charge is 2.15. The Kier molecular flexibility index (Phi) is 4.50. The van der Waals surface area contributed by atoms with Crippen LogP contribution >= 0.6 is 0 Å². The summed E-state index contributed by atoms with van der Waals surface area (Å²) >= 11 is 0. The van der Waals surface area contributed by atoms with Crippen LogP contribution in [0.2, 0.25) is 0 Å². The minimum atomic E-state index is -3.09. The van der Waals surface area contributed by atoms with E-state index >= 15 is 0 Å². The quantitative estimate of drug-likeness (QED) is 0.852. The maximum Gasteiger partial charge on any atom is 0.155 e. The van der Waals surface area contributed by atoms with Crippen molar-refractivity contribution < 1.29 is 8.42 Å². The van der Waals surface area contributed by atoms with Crippen LogP contribution in [0.25, 0.3) is 0 Å². The maximum absolute atomic E-state index is 11.8. The summed E-state index contributed by atoms with van der Waals surface area (Å²) in [5.41, 5.74) is 7.58. The number of nitrogens with two attached hydrogens (primary N) is 1. The zero-order chi connectivity index (χ0) is 12.2. The lowest BCUT2D eigenvalue weighted by molar-refractivity contribution is 0.583. The molecule has 0 amide bonds. The molecule has 0 saturated carbocycles. The van der Waals surface area contributed by atoms with E-state index in [0.29, 0.717) is 6.42 Å². The topological polar surface area (TPSA) is 60.2 Å². The second-order valence-electron chi connectivity index (χ2n) is 4.21. The van der Waals surface area contributed by atoms with E-state index in [9.17, 15) is 8.42 Å². The van der Waals surface area contributed by atoms with Gasteiger partial charge in [0.2, 0.25) is 0 Å². The normalized spacial score (nSPS) is 13.7. The average Bonchev–Trinajstić information content (AvgIpc) is 2.15. The van der Waals surface area contributed by atoms with Crippen LogP contribution in [-0.2, 0) is 15.6 Å². The minimum Gasteiger partial charge on any atom is -0.327 e. The summed E-state index contributed by atoms with van der Waals surface area (Å²) < 4.78 is 23.6. The lowest BCUT2D eigenvalue weighted by Crippen LogP contribution is -2.29. The molecule has 0 bridgehead atoms. The van der Waals surface area contributed by atoms with Crippen molar-refractivity contribution in [2.45, 2.75) is 32.1 Å². The molecule has 2 N–H and O–H groups in total. The van der Waals surface area contributed by atoms with Crippen LogP contribution < -0.4 is 5.73 Å². The lowest BCUT2D eigenvalue weighted by atomic mass is 10.2. The van der Waals surface area contributed by atoms with Gasteiger partial charge in [-0.3, -0.25) is 0 Å². The van der Waals surface area contributed by atoms with Crippen molar-refractivity contribution in [1.82, 2.24) is 0 Å². The molecule has 0 aliphatic heterocycles. The molecule has 0 radical (unpaired) electrons. The van der Waals surface area contributed by atoms with E-state index in [0.717, 1.165) is 11.1 Å². The van der Waals surface area contributed by atoms with Gasteiger partial charge in [0, 0.05) is 6.04 Å². The molecule has 0 spiro atoms. The number of hydrogen-bond acceptors (Lipinski definition) is 3. The van der Waals surface area contributed by atoms with Crippen molar-refractivity contribution in [3.63, 3.8) is 0 Å². The Morgan fingerprint density at radius 1 is 1.38 bits per heavy atom. The second kappa shape index (κ2) is 5.46. The third kappa shape index (κ3) is 4.33. The van der Waals surface area contributed by atoms with Gasteiger partial charge in [0.05, 0.1) is 11.5 Å². The summed E-state index contributed by atoms with van der Waals surface area (Å²) in [5, 5.41) is 0. The molecule has 0 aliphatic carbocycles. The summed E-state index contributed by atoms with van der Waals surface area (Å²) in [6.07, 6.45) is 0.688. The van der Waals surface area contributed by atoms with Gasteiger partial charge in [0.15, 0.2) is 9.84 Å². The number of hydrogen-bond donors (Lipinski definition) is 1. The predicted molar refractivity (Wildman–Crippen MR) is 66.9 cm³/mol. The van der Waals surface area contributed by atoms with Crippen LogP contribution in [0, 0.1) is 6.92 Å². The zero-order valence-electron chi connectivity index (χ0n) is 9.81. The third-order valence-electron chi connectivity index (χ3n) is 2.46. The first-order valence-corrected chi connectivity index (χ1v) is 7.26. The standard InChI is InChI=1S/C12H19NO2S/c1-3-12(13)9-16(14,15)8-11-6-4-5-10(2)7-11/h4-7,12H,3,8-9,13H2,1-2H3. The first-order valence-electron chi connectivity index (χ1n) is 5.44. The third-order valence-corrected chi connectivity index (χ3v) is 4.17. The molecule has 1 aromatic carbocycles. The van der Waals surface area contributed by atoms with Gasteiger partial charge in [-0.15, -0.1) is 0 Å². The highest BCUT2D eigenvalue weighted by molar-refractivity contribution is 7.90. The van der Waals surface area contributed by atoms with E-state index in [1.165, 1.54) is 0 Å². The molecule has 3 nitrogen and oxygen atoms in total. The average molecular weight is 241 g/mol. The van der Waals surface area contributed by atoms with E-state index in [4.69, 9.17) is 5.73 Å². The molecule has 0 aromatic heterocycles. The molecule has 1 unspecified atom stereocenters. The van der Waals surface area contributed by atoms with Crippen molar-refractivity contribution >= 4 is 9.84 Å². The SMILES string of the molecule is CCC(N)CS(=O)(=O)Cc1cccc(C)c1. The van der Waals surface area contributed by atoms with Gasteiger partial charge in [-0.05, 0) is 18.9 Å². The summed E-state index contributed by atoms with van der Waals surface area (Å²) in [7, 11) is -3.09. The van der Waals surface area contributed by atoms with Crippen LogP contribution in [-0.4, -0.2) is 20.2 Å². The number of rotatable bonds is 5. The van der Waals surface area contributed by atoms with Crippen molar-refractivity contribution in [3.8, 4) is 0 Å². The summed E-state index contributed by atoms with van der Waals surface area (Å²) in [5.74, 6) is 0.153. The molecule has 1 atom stereocenters. The molecule has 90 valence electrons. The van der Waals surface area contributed by atoms with Crippen molar-refractivity contribution in [1.29, 1.82) is 0 Å². The van der Waals surface area contributed by atoms with Gasteiger partial charge in [-0.25, -0.2) is 8.42 Å². The van der Waals surface area contributed by atoms with Gasteiger partial charge in [0.1, 0.15) is 0 Å². The summed E-state index contributed by atoms with van der Waals surface area (Å²) in [6, 6.07) is 7.31. The van der Waals surface area contributed by atoms with Crippen molar-refractivity contribution in [2.75, 3.05) is 5.75 Å². The lowest BCUT2D eigenvalue weighted by Gasteiger charge is -2.09. The van der Waals surface area contributed by atoms with Crippen LogP contribution in [0.3, 0.4) is 0 Å². The summed E-state index contributed by atoms with van der Waals surface area (Å²) in [6.45, 7) is 3.85. The van der Waals surface area contributed by atoms with E-state index in [1.807, 2.05) is 38.1 Å². The van der Waals surface area contributed by atoms with Crippen LogP contribution in [0.15, 0.2) is 24.3 Å². The van der Waals surface area contributed by atoms with E-state index in [1.54, 1.807) is 0 Å². The van der Waals surface area contributed by atoms with E-state index in [2.05, 4.69) is 0 Å². The number of sulfone groups is 1. The van der Waals surface area contributed by atoms with Crippen molar-refractivity contribution in [2.24, 2.45) is 5.73 Å². The molecular formula is C12H19NO2S. The van der Waals surface area contributed by atoms with E-state index in [-0.39, 0.29) is 17.5 Å². The largest absolute Gasteiger partial charge is 0.327 e. The fourth-order valence-electron chi connectivity index (χ4n) is 1.56. The Labute approximate surface area is 97.6 Å². The molecule has 0 heterocycles. The molecule has 4 heteroatoms. The molecule has 0 saturated heterocycles. The van der Waals surface area contributed by atoms with Gasteiger partial charge >= 0.3 is 0 Å². The van der Waals surface area contributed by atoms with E-state index < -0.39 is 9.84 Å². The van der Waals surface area contributed by atoms with Crippen LogP contribution in [0.5, 0.6) is 0 Å². The molecule has 1 rings (SSSR count). The highest BCUT2D eigenvalue weighted by atomic mass is 32.2. The van der Waals surface area contributed by atoms with Gasteiger partial charge in [-0.1, -0.05) is 36.8 Å². The Bertz CT molecular complexity index is 440. The molecule has 16 heavy (non-hydrogen) atoms. The Morgan fingerprint density at radius 3 is 2.62 bits per heavy atom. The monoisotopic (exact) mass is 241 g/mol. The molecule has 0 fully saturated rings. The molecule has 0 aliphatic rings. The van der Waals surface area contributed by atoms with Gasteiger partial charge < -0.3 is 5.73 Å². The fourth-order valence-corrected chi connectivity index (χ4v) is 3.25. The first-order chi connectivity index (χ1) is 7.43. The van der Waals surface area contributed by atoms with Crippen LogP contribution in [0.1, 0.15) is 24.5 Å². The maximum atomic E-state index is 11.8. The second-order valence-corrected chi connectivity index (χ2v) is 6.32. The minimum absolute atomic E-state index is 0.0669. The van der Waals surface area contributed by atoms with Crippen molar-refractivity contribution in [3.05, 3.63) is 35.4 Å². The van der Waals surface area contributed by atoms with Gasteiger partial charge in [0.25, 0.3) is 0 Å². The highest BCUT2D eigenvalue weighted by Crippen LogP contribution is 2.10. The summed E-state index contributed by atoms with van der Waals surface area (Å²) in [4.78, 5) is 0. The number of aryl methyl sites for hydroxylation is 1. The Hall–Kier alpha value is -0.870. The first kappa shape index (κ1) is 13.2. The Balaban J connectivity index is 2.73. The zero-order valence-corrected chi connectivity index (χ0v) is 10.6. The van der Waals surface area contributed by atoms with Crippen LogP contribution in [0.4, 0.5) is 0 Å². The molecular weight excluding hydrogens is 222 g/mol. The van der Waals surface area contributed by atoms with Gasteiger partial charge in [-0.2, -0.15) is 0 Å².